The average molecular weight is 327 g/mol. The maximum absolute atomic E-state index is 11.9. The lowest BCUT2D eigenvalue weighted by atomic mass is 10.2. The minimum atomic E-state index is -0.0861. The zero-order chi connectivity index (χ0) is 13.8. The molecule has 19 heavy (non-hydrogen) atoms. The molecule has 2 amide bonds. The van der Waals surface area contributed by atoms with Crippen LogP contribution in [0.4, 0.5) is 0 Å². The predicted molar refractivity (Wildman–Crippen MR) is 73.7 cm³/mol. The number of halogens is 1. The monoisotopic (exact) mass is 326 g/mol. The Morgan fingerprint density at radius 2 is 2.21 bits per heavy atom. The van der Waals surface area contributed by atoms with E-state index in [1.54, 1.807) is 12.0 Å². The summed E-state index contributed by atoms with van der Waals surface area (Å²) in [7, 11) is 1.60. The van der Waals surface area contributed by atoms with Crippen molar-refractivity contribution in [3.05, 3.63) is 28.2 Å². The van der Waals surface area contributed by atoms with Gasteiger partial charge in [0.05, 0.1) is 13.7 Å². The smallest absolute Gasteiger partial charge is 0.242 e. The van der Waals surface area contributed by atoms with Gasteiger partial charge in [0.15, 0.2) is 0 Å². The van der Waals surface area contributed by atoms with Crippen molar-refractivity contribution in [2.24, 2.45) is 0 Å². The van der Waals surface area contributed by atoms with E-state index in [-0.39, 0.29) is 18.4 Å². The summed E-state index contributed by atoms with van der Waals surface area (Å²) in [4.78, 5) is 24.9. The fourth-order valence-electron chi connectivity index (χ4n) is 1.98. The first-order valence-electron chi connectivity index (χ1n) is 5.97. The number of benzene rings is 1. The minimum absolute atomic E-state index is 0.0646. The Morgan fingerprint density at radius 3 is 2.95 bits per heavy atom. The summed E-state index contributed by atoms with van der Waals surface area (Å²) in [5.41, 5.74) is 0.916. The standard InChI is InChI=1S/C13H15BrN2O3/c1-19-11-3-2-10(14)6-9(11)8-16-5-4-12(17)15-7-13(16)18/h2-3,6H,4-5,7-8H2,1H3,(H,15,17). The van der Waals surface area contributed by atoms with Crippen molar-refractivity contribution in [1.29, 1.82) is 0 Å². The van der Waals surface area contributed by atoms with E-state index in [0.29, 0.717) is 19.5 Å². The lowest BCUT2D eigenvalue weighted by Gasteiger charge is -2.21. The summed E-state index contributed by atoms with van der Waals surface area (Å²) in [5.74, 6) is 0.574. The van der Waals surface area contributed by atoms with Gasteiger partial charge in [-0.05, 0) is 18.2 Å². The van der Waals surface area contributed by atoms with E-state index < -0.39 is 0 Å². The molecule has 1 fully saturated rings. The van der Waals surface area contributed by atoms with Gasteiger partial charge in [-0.1, -0.05) is 15.9 Å². The van der Waals surface area contributed by atoms with Crippen LogP contribution in [0, 0.1) is 0 Å². The number of carbonyl (C=O) groups excluding carboxylic acids is 2. The highest BCUT2D eigenvalue weighted by Gasteiger charge is 2.21. The van der Waals surface area contributed by atoms with Crippen LogP contribution in [0.15, 0.2) is 22.7 Å². The molecule has 1 heterocycles. The summed E-state index contributed by atoms with van der Waals surface area (Å²) in [5, 5.41) is 2.58. The normalized spacial score (nSPS) is 16.0. The van der Waals surface area contributed by atoms with Gasteiger partial charge in [0, 0.05) is 29.5 Å². The van der Waals surface area contributed by atoms with Crippen LogP contribution >= 0.6 is 15.9 Å². The molecule has 1 N–H and O–H groups in total. The van der Waals surface area contributed by atoms with E-state index in [2.05, 4.69) is 21.2 Å². The van der Waals surface area contributed by atoms with Gasteiger partial charge < -0.3 is 15.0 Å². The molecule has 0 bridgehead atoms. The number of methoxy groups -OCH3 is 1. The molecule has 102 valence electrons. The molecule has 0 spiro atoms. The molecule has 0 saturated carbocycles. The van der Waals surface area contributed by atoms with E-state index >= 15 is 0 Å². The molecule has 0 aromatic heterocycles. The molecule has 0 radical (unpaired) electrons. The first-order valence-corrected chi connectivity index (χ1v) is 6.76. The largest absolute Gasteiger partial charge is 0.496 e. The van der Waals surface area contributed by atoms with Crippen LogP contribution in [0.3, 0.4) is 0 Å². The predicted octanol–water partition coefficient (Wildman–Crippen LogP) is 1.31. The lowest BCUT2D eigenvalue weighted by molar-refractivity contribution is -0.130. The number of nitrogens with one attached hydrogen (secondary N) is 1. The van der Waals surface area contributed by atoms with Crippen molar-refractivity contribution >= 4 is 27.7 Å². The Bertz CT molecular complexity index is 505. The van der Waals surface area contributed by atoms with Crippen LogP contribution in [-0.4, -0.2) is 36.9 Å². The molecule has 1 aromatic rings. The third-order valence-electron chi connectivity index (χ3n) is 3.00. The highest BCUT2D eigenvalue weighted by molar-refractivity contribution is 9.10. The van der Waals surface area contributed by atoms with Gasteiger partial charge in [-0.2, -0.15) is 0 Å². The van der Waals surface area contributed by atoms with Crippen molar-refractivity contribution in [2.75, 3.05) is 20.2 Å². The van der Waals surface area contributed by atoms with Crippen molar-refractivity contribution in [3.8, 4) is 5.75 Å². The van der Waals surface area contributed by atoms with Gasteiger partial charge in [-0.3, -0.25) is 9.59 Å². The number of hydrogen-bond donors (Lipinski definition) is 1. The summed E-state index contributed by atoms with van der Waals surface area (Å²) in [6.07, 6.45) is 0.335. The van der Waals surface area contributed by atoms with Crippen LogP contribution < -0.4 is 10.1 Å². The molecule has 6 heteroatoms. The molecule has 0 atom stereocenters. The van der Waals surface area contributed by atoms with Gasteiger partial charge in [0.1, 0.15) is 5.75 Å². The zero-order valence-electron chi connectivity index (χ0n) is 10.6. The molecular weight excluding hydrogens is 312 g/mol. The Kier molecular flexibility index (Phi) is 4.42. The van der Waals surface area contributed by atoms with E-state index in [4.69, 9.17) is 4.74 Å². The van der Waals surface area contributed by atoms with E-state index in [1.165, 1.54) is 0 Å². The minimum Gasteiger partial charge on any atom is -0.496 e. The maximum Gasteiger partial charge on any atom is 0.242 e. The van der Waals surface area contributed by atoms with Crippen LogP contribution in [0.1, 0.15) is 12.0 Å². The molecule has 1 saturated heterocycles. The maximum atomic E-state index is 11.9. The Balaban J connectivity index is 2.17. The summed E-state index contributed by atoms with van der Waals surface area (Å²) in [6.45, 7) is 0.936. The first kappa shape index (κ1) is 13.9. The van der Waals surface area contributed by atoms with Crippen LogP contribution in [0.2, 0.25) is 0 Å². The fraction of sp³-hybridized carbons (Fsp3) is 0.385. The van der Waals surface area contributed by atoms with Crippen LogP contribution in [0.5, 0.6) is 5.75 Å². The third kappa shape index (κ3) is 3.47. The van der Waals surface area contributed by atoms with Crippen LogP contribution in [-0.2, 0) is 16.1 Å². The lowest BCUT2D eigenvalue weighted by Crippen LogP contribution is -2.34. The highest BCUT2D eigenvalue weighted by atomic mass is 79.9. The van der Waals surface area contributed by atoms with E-state index in [0.717, 1.165) is 15.8 Å². The van der Waals surface area contributed by atoms with Gasteiger partial charge >= 0.3 is 0 Å². The Labute approximate surface area is 120 Å². The van der Waals surface area contributed by atoms with E-state index in [9.17, 15) is 9.59 Å². The number of rotatable bonds is 3. The molecule has 1 aromatic carbocycles. The van der Waals surface area contributed by atoms with Crippen molar-refractivity contribution < 1.29 is 14.3 Å². The van der Waals surface area contributed by atoms with Crippen LogP contribution in [0.25, 0.3) is 0 Å². The molecule has 1 aliphatic heterocycles. The molecule has 5 nitrogen and oxygen atoms in total. The molecule has 2 rings (SSSR count). The average Bonchev–Trinajstić information content (AvgIpc) is 2.54. The summed E-state index contributed by atoms with van der Waals surface area (Å²) in [6, 6.07) is 5.66. The third-order valence-corrected chi connectivity index (χ3v) is 3.50. The van der Waals surface area contributed by atoms with Crippen molar-refractivity contribution in [3.63, 3.8) is 0 Å². The molecule has 0 aliphatic carbocycles. The summed E-state index contributed by atoms with van der Waals surface area (Å²) >= 11 is 3.40. The number of nitrogens with zero attached hydrogens (tertiary/aromatic N) is 1. The van der Waals surface area contributed by atoms with Gasteiger partial charge in [-0.25, -0.2) is 0 Å². The number of carbonyl (C=O) groups is 2. The first-order chi connectivity index (χ1) is 9.10. The second-order valence-corrected chi connectivity index (χ2v) is 5.21. The molecule has 0 unspecified atom stereocenters. The second-order valence-electron chi connectivity index (χ2n) is 4.30. The Morgan fingerprint density at radius 1 is 1.42 bits per heavy atom. The quantitative estimate of drug-likeness (QED) is 0.911. The van der Waals surface area contributed by atoms with Gasteiger partial charge in [0.2, 0.25) is 11.8 Å². The highest BCUT2D eigenvalue weighted by Crippen LogP contribution is 2.24. The summed E-state index contributed by atoms with van der Waals surface area (Å²) < 4.78 is 6.22. The number of amides is 2. The fourth-order valence-corrected chi connectivity index (χ4v) is 2.39. The molecule has 1 aliphatic rings. The van der Waals surface area contributed by atoms with E-state index in [1.807, 2.05) is 18.2 Å². The number of hydrogen-bond acceptors (Lipinski definition) is 3. The SMILES string of the molecule is COc1ccc(Br)cc1CN1CCC(=O)NCC1=O. The van der Waals surface area contributed by atoms with Gasteiger partial charge in [0.25, 0.3) is 0 Å². The zero-order valence-corrected chi connectivity index (χ0v) is 12.2. The number of ether oxygens (including phenoxy) is 1. The Hall–Kier alpha value is -1.56. The molecular formula is C13H15BrN2O3. The van der Waals surface area contributed by atoms with Crippen molar-refractivity contribution in [1.82, 2.24) is 10.2 Å². The van der Waals surface area contributed by atoms with Crippen molar-refractivity contribution in [2.45, 2.75) is 13.0 Å². The topological polar surface area (TPSA) is 58.6 Å². The van der Waals surface area contributed by atoms with Gasteiger partial charge in [-0.15, -0.1) is 0 Å². The second kappa shape index (κ2) is 6.06.